The van der Waals surface area contributed by atoms with E-state index < -0.39 is 23.7 Å². The van der Waals surface area contributed by atoms with Crippen molar-refractivity contribution in [3.8, 4) is 11.5 Å². The fourth-order valence-corrected chi connectivity index (χ4v) is 3.96. The van der Waals surface area contributed by atoms with Crippen molar-refractivity contribution in [1.82, 2.24) is 15.2 Å². The van der Waals surface area contributed by atoms with Crippen LogP contribution in [0, 0.1) is 5.82 Å². The number of hydrogen-bond acceptors (Lipinski definition) is 9. The molecule has 1 aromatic heterocycles. The molecule has 2 aromatic rings. The van der Waals surface area contributed by atoms with Crippen LogP contribution in [0.4, 0.5) is 9.52 Å². The molecule has 0 unspecified atom stereocenters. The standard InChI is InChI=1S/C21H29FN4O4S.C4H4O4/c1-12(2)26(13(3)4)8-7-23-20(28)16-11-31-21(24-16)25-19(27)14-9-17(29-5)18(30-6)10-15(14)22;5-3(6)1-2-4(7)8/h9-13H,7-8H2,1-6H3,(H,23,28)(H,24,25,27);1-2H,(H,5,6)(H,7,8). The topological polar surface area (TPSA) is 167 Å². The number of carboxylic acid groups (broad SMARTS) is 2. The summed E-state index contributed by atoms with van der Waals surface area (Å²) >= 11 is 1.08. The molecule has 0 bridgehead atoms. The molecule has 0 saturated heterocycles. The maximum atomic E-state index is 14.3. The molecule has 0 atom stereocenters. The third kappa shape index (κ3) is 11.1. The first-order chi connectivity index (χ1) is 18.3. The van der Waals surface area contributed by atoms with Gasteiger partial charge in [0.25, 0.3) is 11.8 Å². The minimum absolute atomic E-state index is 0.179. The fraction of sp³-hybridized carbons (Fsp3) is 0.400. The summed E-state index contributed by atoms with van der Waals surface area (Å²) < 4.78 is 24.4. The van der Waals surface area contributed by atoms with Crippen LogP contribution >= 0.6 is 11.3 Å². The Balaban J connectivity index is 0.000000824. The van der Waals surface area contributed by atoms with E-state index in [0.717, 1.165) is 17.4 Å². The molecule has 0 spiro atoms. The number of amides is 2. The molecular formula is C25H33FN4O8S. The van der Waals surface area contributed by atoms with Crippen molar-refractivity contribution in [2.45, 2.75) is 39.8 Å². The van der Waals surface area contributed by atoms with Crippen LogP contribution in [0.5, 0.6) is 11.5 Å². The molecule has 2 rings (SSSR count). The Hall–Kier alpha value is -4.04. The van der Waals surface area contributed by atoms with Gasteiger partial charge >= 0.3 is 11.9 Å². The normalized spacial score (nSPS) is 10.8. The molecule has 0 aliphatic heterocycles. The first-order valence-corrected chi connectivity index (χ1v) is 12.5. The Morgan fingerprint density at radius 3 is 2.03 bits per heavy atom. The smallest absolute Gasteiger partial charge is 0.328 e. The van der Waals surface area contributed by atoms with Gasteiger partial charge in [-0.15, -0.1) is 11.3 Å². The van der Waals surface area contributed by atoms with Crippen molar-refractivity contribution in [2.24, 2.45) is 0 Å². The van der Waals surface area contributed by atoms with Gasteiger partial charge in [0, 0.05) is 48.8 Å². The molecule has 2 amide bonds. The van der Waals surface area contributed by atoms with E-state index in [1.54, 1.807) is 5.38 Å². The summed E-state index contributed by atoms with van der Waals surface area (Å²) in [5.74, 6) is -3.90. The highest BCUT2D eigenvalue weighted by atomic mass is 32.1. The summed E-state index contributed by atoms with van der Waals surface area (Å²) in [4.78, 5) is 50.3. The van der Waals surface area contributed by atoms with E-state index >= 15 is 0 Å². The van der Waals surface area contributed by atoms with Crippen molar-refractivity contribution in [2.75, 3.05) is 32.6 Å². The van der Waals surface area contributed by atoms with Crippen molar-refractivity contribution in [3.05, 3.63) is 46.7 Å². The zero-order valence-electron chi connectivity index (χ0n) is 22.5. The lowest BCUT2D eigenvalue weighted by Crippen LogP contribution is -2.42. The highest BCUT2D eigenvalue weighted by molar-refractivity contribution is 7.14. The van der Waals surface area contributed by atoms with Crippen LogP contribution in [-0.2, 0) is 9.59 Å². The maximum absolute atomic E-state index is 14.3. The molecule has 0 saturated carbocycles. The number of carboxylic acids is 2. The average Bonchev–Trinajstić information content (AvgIpc) is 3.33. The van der Waals surface area contributed by atoms with Crippen molar-refractivity contribution in [3.63, 3.8) is 0 Å². The number of nitrogens with one attached hydrogen (secondary N) is 2. The third-order valence-electron chi connectivity index (χ3n) is 5.03. The van der Waals surface area contributed by atoms with E-state index in [-0.39, 0.29) is 33.8 Å². The molecule has 0 aliphatic rings. The quantitative estimate of drug-likeness (QED) is 0.279. The molecule has 12 nitrogen and oxygen atoms in total. The Bertz CT molecular complexity index is 1160. The highest BCUT2D eigenvalue weighted by Crippen LogP contribution is 2.30. The Labute approximate surface area is 229 Å². The van der Waals surface area contributed by atoms with Gasteiger partial charge in [-0.3, -0.25) is 19.8 Å². The summed E-state index contributed by atoms with van der Waals surface area (Å²) in [7, 11) is 2.77. The number of aliphatic carboxylic acids is 2. The number of methoxy groups -OCH3 is 2. The molecule has 0 radical (unpaired) electrons. The minimum atomic E-state index is -1.26. The summed E-state index contributed by atoms with van der Waals surface area (Å²) in [6.07, 6.45) is 1.12. The van der Waals surface area contributed by atoms with Crippen LogP contribution in [0.15, 0.2) is 29.7 Å². The van der Waals surface area contributed by atoms with Gasteiger partial charge in [0.05, 0.1) is 19.8 Å². The van der Waals surface area contributed by atoms with Gasteiger partial charge in [-0.2, -0.15) is 0 Å². The van der Waals surface area contributed by atoms with E-state index in [4.69, 9.17) is 19.7 Å². The molecule has 1 aromatic carbocycles. The summed E-state index contributed by atoms with van der Waals surface area (Å²) in [6.45, 7) is 9.63. The number of halogens is 1. The summed E-state index contributed by atoms with van der Waals surface area (Å²) in [5, 5.41) is 22.7. The third-order valence-corrected chi connectivity index (χ3v) is 5.78. The Morgan fingerprint density at radius 2 is 1.54 bits per heavy atom. The van der Waals surface area contributed by atoms with Crippen molar-refractivity contribution in [1.29, 1.82) is 0 Å². The van der Waals surface area contributed by atoms with E-state index in [9.17, 15) is 23.6 Å². The van der Waals surface area contributed by atoms with Gasteiger partial charge in [-0.05, 0) is 33.8 Å². The van der Waals surface area contributed by atoms with Crippen molar-refractivity contribution < 1.29 is 43.3 Å². The number of hydrogen-bond donors (Lipinski definition) is 4. The number of benzene rings is 1. The average molecular weight is 569 g/mol. The van der Waals surface area contributed by atoms with Gasteiger partial charge in [0.1, 0.15) is 11.5 Å². The van der Waals surface area contributed by atoms with Crippen LogP contribution in [0.1, 0.15) is 48.5 Å². The largest absolute Gasteiger partial charge is 0.493 e. The van der Waals surface area contributed by atoms with E-state index in [2.05, 4.69) is 48.2 Å². The number of carbonyl (C=O) groups excluding carboxylic acids is 2. The molecule has 4 N–H and O–H groups in total. The molecule has 0 fully saturated rings. The second-order valence-electron chi connectivity index (χ2n) is 8.37. The van der Waals surface area contributed by atoms with Crippen molar-refractivity contribution >= 4 is 40.2 Å². The van der Waals surface area contributed by atoms with Crippen LogP contribution in [0.3, 0.4) is 0 Å². The predicted molar refractivity (Wildman–Crippen MR) is 143 cm³/mol. The first kappa shape index (κ1) is 33.0. The van der Waals surface area contributed by atoms with Crippen LogP contribution in [0.25, 0.3) is 0 Å². The van der Waals surface area contributed by atoms with Gasteiger partial charge < -0.3 is 25.0 Å². The van der Waals surface area contributed by atoms with Crippen LogP contribution in [-0.4, -0.2) is 83.2 Å². The van der Waals surface area contributed by atoms with Gasteiger partial charge in [0.2, 0.25) is 0 Å². The van der Waals surface area contributed by atoms with E-state index in [0.29, 0.717) is 37.3 Å². The number of carbonyl (C=O) groups is 4. The minimum Gasteiger partial charge on any atom is -0.493 e. The van der Waals surface area contributed by atoms with Gasteiger partial charge in [0.15, 0.2) is 16.6 Å². The number of aromatic nitrogens is 1. The zero-order chi connectivity index (χ0) is 29.7. The second kappa shape index (κ2) is 16.0. The highest BCUT2D eigenvalue weighted by Gasteiger charge is 2.19. The molecule has 14 heteroatoms. The lowest BCUT2D eigenvalue weighted by Gasteiger charge is -2.30. The molecule has 1 heterocycles. The monoisotopic (exact) mass is 568 g/mol. The SMILES string of the molecule is COc1cc(F)c(C(=O)Nc2nc(C(=O)NCCN(C(C)C)C(C)C)cs2)cc1OC.O=C(O)C=CC(=O)O. The number of ether oxygens (including phenoxy) is 2. The number of thiazole rings is 1. The molecule has 214 valence electrons. The van der Waals surface area contributed by atoms with Gasteiger partial charge in [-0.1, -0.05) is 0 Å². The molecular weight excluding hydrogens is 535 g/mol. The summed E-state index contributed by atoms with van der Waals surface area (Å²) in [6, 6.07) is 3.07. The summed E-state index contributed by atoms with van der Waals surface area (Å²) in [5.41, 5.74) is -0.0324. The first-order valence-electron chi connectivity index (χ1n) is 11.7. The second-order valence-corrected chi connectivity index (χ2v) is 9.23. The van der Waals surface area contributed by atoms with E-state index in [1.165, 1.54) is 20.3 Å². The van der Waals surface area contributed by atoms with Crippen LogP contribution < -0.4 is 20.1 Å². The van der Waals surface area contributed by atoms with E-state index in [1.807, 2.05) is 0 Å². The number of rotatable bonds is 12. The molecule has 0 aliphatic carbocycles. The van der Waals surface area contributed by atoms with Crippen LogP contribution in [0.2, 0.25) is 0 Å². The van der Waals surface area contributed by atoms with Gasteiger partial charge in [-0.25, -0.2) is 19.0 Å². The fourth-order valence-electron chi connectivity index (χ4n) is 3.27. The zero-order valence-corrected chi connectivity index (χ0v) is 23.3. The predicted octanol–water partition coefficient (Wildman–Crippen LogP) is 3.11. The Kier molecular flexibility index (Phi) is 13.6. The Morgan fingerprint density at radius 1 is 1.00 bits per heavy atom. The number of nitrogens with zero attached hydrogens (tertiary/aromatic N) is 2. The molecule has 39 heavy (non-hydrogen) atoms. The lowest BCUT2D eigenvalue weighted by atomic mass is 10.1. The lowest BCUT2D eigenvalue weighted by molar-refractivity contribution is -0.134. The number of anilines is 1. The maximum Gasteiger partial charge on any atom is 0.328 e.